The minimum atomic E-state index is -2.97. The van der Waals surface area contributed by atoms with Crippen LogP contribution in [-0.4, -0.2) is 40.2 Å². The van der Waals surface area contributed by atoms with Crippen molar-refractivity contribution >= 4 is 9.84 Å². The summed E-state index contributed by atoms with van der Waals surface area (Å²) in [5.74, 6) is 0.125. The van der Waals surface area contributed by atoms with Gasteiger partial charge in [0.15, 0.2) is 0 Å². The van der Waals surface area contributed by atoms with Gasteiger partial charge in [-0.05, 0) is 12.5 Å². The van der Waals surface area contributed by atoms with Gasteiger partial charge in [0.1, 0.15) is 9.84 Å². The van der Waals surface area contributed by atoms with Crippen LogP contribution in [0.25, 0.3) is 0 Å². The zero-order valence-corrected chi connectivity index (χ0v) is 11.9. The smallest absolute Gasteiger partial charge is 0.148 e. The first-order chi connectivity index (χ1) is 8.42. The number of nitrogens with one attached hydrogen (secondary N) is 1. The molecule has 0 saturated heterocycles. The largest absolute Gasteiger partial charge is 0.383 e. The summed E-state index contributed by atoms with van der Waals surface area (Å²) >= 11 is 0. The molecule has 0 fully saturated rings. The number of benzene rings is 1. The van der Waals surface area contributed by atoms with Crippen LogP contribution >= 0.6 is 0 Å². The quantitative estimate of drug-likeness (QED) is 0.814. The molecule has 0 aliphatic carbocycles. The first kappa shape index (κ1) is 15.1. The predicted octanol–water partition coefficient (Wildman–Crippen LogP) is 1.40. The van der Waals surface area contributed by atoms with Gasteiger partial charge in [-0.2, -0.15) is 0 Å². The Bertz CT molecular complexity index is 445. The van der Waals surface area contributed by atoms with Crippen LogP contribution in [0.4, 0.5) is 0 Å². The molecule has 1 aromatic rings. The molecule has 0 aliphatic heterocycles. The number of sulfone groups is 1. The summed E-state index contributed by atoms with van der Waals surface area (Å²) in [4.78, 5) is 0. The number of hydrogen-bond acceptors (Lipinski definition) is 4. The Hall–Kier alpha value is -0.910. The molecule has 0 bridgehead atoms. The van der Waals surface area contributed by atoms with Crippen LogP contribution in [0.3, 0.4) is 0 Å². The summed E-state index contributed by atoms with van der Waals surface area (Å²) in [6.45, 7) is 2.38. The van der Waals surface area contributed by atoms with Crippen molar-refractivity contribution in [2.75, 3.05) is 25.7 Å². The summed E-state index contributed by atoms with van der Waals surface area (Å²) < 4.78 is 27.7. The van der Waals surface area contributed by atoms with E-state index in [1.165, 1.54) is 6.26 Å². The number of hydrogen-bond donors (Lipinski definition) is 1. The van der Waals surface area contributed by atoms with Crippen molar-refractivity contribution < 1.29 is 13.2 Å². The molecule has 4 nitrogen and oxygen atoms in total. The molecule has 0 heterocycles. The summed E-state index contributed by atoms with van der Waals surface area (Å²) in [7, 11) is -1.33. The Morgan fingerprint density at radius 2 is 1.89 bits per heavy atom. The Morgan fingerprint density at radius 1 is 1.28 bits per heavy atom. The van der Waals surface area contributed by atoms with Gasteiger partial charge in [0.05, 0.1) is 18.4 Å². The normalized spacial score (nSPS) is 15.3. The van der Waals surface area contributed by atoms with Gasteiger partial charge >= 0.3 is 0 Å². The van der Waals surface area contributed by atoms with Crippen LogP contribution in [0.5, 0.6) is 0 Å². The van der Waals surface area contributed by atoms with Gasteiger partial charge in [-0.3, -0.25) is 0 Å². The highest BCUT2D eigenvalue weighted by Crippen LogP contribution is 2.13. The molecule has 2 atom stereocenters. The molecule has 1 rings (SSSR count). The highest BCUT2D eigenvalue weighted by molar-refractivity contribution is 7.90. The minimum Gasteiger partial charge on any atom is -0.383 e. The molecular weight excluding hydrogens is 250 g/mol. The third-order valence-electron chi connectivity index (χ3n) is 2.57. The van der Waals surface area contributed by atoms with Crippen LogP contribution in [-0.2, 0) is 14.6 Å². The zero-order chi connectivity index (χ0) is 13.6. The lowest BCUT2D eigenvalue weighted by atomic mass is 10.1. The van der Waals surface area contributed by atoms with Gasteiger partial charge < -0.3 is 10.1 Å². The maximum Gasteiger partial charge on any atom is 0.148 e. The van der Waals surface area contributed by atoms with Crippen LogP contribution in [0.2, 0.25) is 0 Å². The third-order valence-corrected chi connectivity index (χ3v) is 3.68. The number of ether oxygens (including phenoxy) is 1. The first-order valence-corrected chi connectivity index (χ1v) is 7.96. The van der Waals surface area contributed by atoms with E-state index in [4.69, 9.17) is 4.74 Å². The molecule has 0 saturated carbocycles. The molecule has 0 spiro atoms. The topological polar surface area (TPSA) is 55.4 Å². The highest BCUT2D eigenvalue weighted by atomic mass is 32.2. The molecule has 0 amide bonds. The van der Waals surface area contributed by atoms with Crippen LogP contribution < -0.4 is 5.32 Å². The van der Waals surface area contributed by atoms with Gasteiger partial charge in [-0.25, -0.2) is 8.42 Å². The lowest BCUT2D eigenvalue weighted by Gasteiger charge is -2.22. The molecule has 5 heteroatoms. The second-order valence-corrected chi connectivity index (χ2v) is 6.76. The van der Waals surface area contributed by atoms with E-state index < -0.39 is 9.84 Å². The van der Waals surface area contributed by atoms with Crippen molar-refractivity contribution in [3.63, 3.8) is 0 Å². The molecule has 102 valence electrons. The number of methoxy groups -OCH3 is 1. The standard InChI is InChI=1S/C13H21NO3S/c1-11(10-18(3,15)16)14-13(9-17-2)12-7-5-4-6-8-12/h4-8,11,13-14H,9-10H2,1-3H3. The average Bonchev–Trinajstić information content (AvgIpc) is 2.27. The molecule has 0 aliphatic rings. The molecule has 18 heavy (non-hydrogen) atoms. The average molecular weight is 271 g/mol. The SMILES string of the molecule is COCC(NC(C)CS(C)(=O)=O)c1ccccc1. The van der Waals surface area contributed by atoms with Crippen molar-refractivity contribution in [2.45, 2.75) is 19.0 Å². The lowest BCUT2D eigenvalue weighted by molar-refractivity contribution is 0.163. The van der Waals surface area contributed by atoms with Crippen molar-refractivity contribution in [3.8, 4) is 0 Å². The van der Waals surface area contributed by atoms with Gasteiger partial charge in [0.25, 0.3) is 0 Å². The van der Waals surface area contributed by atoms with E-state index in [1.807, 2.05) is 37.3 Å². The van der Waals surface area contributed by atoms with Gasteiger partial charge in [0.2, 0.25) is 0 Å². The summed E-state index contributed by atoms with van der Waals surface area (Å²) in [5.41, 5.74) is 1.10. The highest BCUT2D eigenvalue weighted by Gasteiger charge is 2.16. The summed E-state index contributed by atoms with van der Waals surface area (Å²) in [6, 6.07) is 9.77. The van der Waals surface area contributed by atoms with E-state index in [0.29, 0.717) is 6.61 Å². The maximum absolute atomic E-state index is 11.2. The molecule has 0 radical (unpaired) electrons. The van der Waals surface area contributed by atoms with E-state index in [0.717, 1.165) is 5.56 Å². The Balaban J connectivity index is 2.69. The van der Waals surface area contributed by atoms with E-state index in [2.05, 4.69) is 5.32 Å². The van der Waals surface area contributed by atoms with E-state index in [-0.39, 0.29) is 17.8 Å². The Kier molecular flexibility index (Phi) is 5.78. The molecule has 0 aromatic heterocycles. The Labute approximate surface area is 109 Å². The van der Waals surface area contributed by atoms with Crippen molar-refractivity contribution in [1.29, 1.82) is 0 Å². The lowest BCUT2D eigenvalue weighted by Crippen LogP contribution is -2.37. The van der Waals surface area contributed by atoms with Crippen LogP contribution in [0, 0.1) is 0 Å². The molecular formula is C13H21NO3S. The van der Waals surface area contributed by atoms with Crippen LogP contribution in [0.15, 0.2) is 30.3 Å². The molecule has 1 N–H and O–H groups in total. The van der Waals surface area contributed by atoms with Gasteiger partial charge in [-0.15, -0.1) is 0 Å². The fourth-order valence-electron chi connectivity index (χ4n) is 1.94. The van der Waals surface area contributed by atoms with Crippen molar-refractivity contribution in [2.24, 2.45) is 0 Å². The Morgan fingerprint density at radius 3 is 2.39 bits per heavy atom. The molecule has 1 aromatic carbocycles. The molecule has 2 unspecified atom stereocenters. The predicted molar refractivity (Wildman–Crippen MR) is 73.4 cm³/mol. The van der Waals surface area contributed by atoms with E-state index in [1.54, 1.807) is 7.11 Å². The monoisotopic (exact) mass is 271 g/mol. The third kappa shape index (κ3) is 5.62. The summed E-state index contributed by atoms with van der Waals surface area (Å²) in [5, 5.41) is 3.29. The van der Waals surface area contributed by atoms with Gasteiger partial charge in [0, 0.05) is 19.4 Å². The fourth-order valence-corrected chi connectivity index (χ4v) is 2.94. The summed E-state index contributed by atoms with van der Waals surface area (Å²) in [6.07, 6.45) is 1.25. The zero-order valence-electron chi connectivity index (χ0n) is 11.1. The number of rotatable bonds is 7. The minimum absolute atomic E-state index is 0.00736. The first-order valence-electron chi connectivity index (χ1n) is 5.90. The van der Waals surface area contributed by atoms with Crippen molar-refractivity contribution in [3.05, 3.63) is 35.9 Å². The van der Waals surface area contributed by atoms with Gasteiger partial charge in [-0.1, -0.05) is 30.3 Å². The maximum atomic E-state index is 11.2. The van der Waals surface area contributed by atoms with E-state index in [9.17, 15) is 8.42 Å². The second-order valence-electron chi connectivity index (χ2n) is 4.58. The fraction of sp³-hybridized carbons (Fsp3) is 0.538. The second kappa shape index (κ2) is 6.87. The van der Waals surface area contributed by atoms with Crippen LogP contribution in [0.1, 0.15) is 18.5 Å². The van der Waals surface area contributed by atoms with Crippen molar-refractivity contribution in [1.82, 2.24) is 5.32 Å². The van der Waals surface area contributed by atoms with E-state index >= 15 is 0 Å².